The summed E-state index contributed by atoms with van der Waals surface area (Å²) >= 11 is 1.50. The highest BCUT2D eigenvalue weighted by Crippen LogP contribution is 2.29. The van der Waals surface area contributed by atoms with E-state index in [-0.39, 0.29) is 11.8 Å². The molecule has 0 fully saturated rings. The highest BCUT2D eigenvalue weighted by molar-refractivity contribution is 7.24. The molecule has 0 saturated carbocycles. The number of pyridine rings is 3. The normalized spacial score (nSPS) is 12.1. The number of fused-ring (bicyclic) bond motifs is 9. The second-order valence-corrected chi connectivity index (χ2v) is 9.79. The molecule has 9 nitrogen and oxygen atoms in total. The van der Waals surface area contributed by atoms with Gasteiger partial charge in [0.05, 0.1) is 27.3 Å². The summed E-state index contributed by atoms with van der Waals surface area (Å²) in [7, 11) is 0. The van der Waals surface area contributed by atoms with Crippen molar-refractivity contribution in [2.75, 3.05) is 0 Å². The Morgan fingerprint density at radius 1 is 0.971 bits per heavy atom. The first-order chi connectivity index (χ1) is 17.1. The van der Waals surface area contributed by atoms with E-state index in [1.807, 2.05) is 44.2 Å². The lowest BCUT2D eigenvalue weighted by Crippen LogP contribution is -2.17. The molecule has 8 bridgehead atoms. The number of nitrogens with zero attached hydrogens (tertiary/aromatic N) is 6. The number of imidazole rings is 1. The molecule has 0 aliphatic heterocycles. The minimum absolute atomic E-state index is 0.0133. The summed E-state index contributed by atoms with van der Waals surface area (Å²) in [6.45, 7) is 3.80. The van der Waals surface area contributed by atoms with Gasteiger partial charge in [-0.3, -0.25) is 24.4 Å². The molecule has 7 heterocycles. The van der Waals surface area contributed by atoms with Crippen LogP contribution in [0, 0.1) is 5.92 Å². The van der Waals surface area contributed by atoms with Crippen molar-refractivity contribution in [3.8, 4) is 0 Å². The molecule has 0 aliphatic carbocycles. The number of H-pyrrole nitrogens is 2. The van der Waals surface area contributed by atoms with Crippen LogP contribution in [0.15, 0.2) is 55.1 Å². The van der Waals surface area contributed by atoms with Gasteiger partial charge in [0.25, 0.3) is 0 Å². The Kier molecular flexibility index (Phi) is 4.15. The molecule has 0 radical (unpaired) electrons. The Hall–Kier alpha value is -4.44. The molecular formula is C25H18N8OS. The Balaban J connectivity index is 1.78. The van der Waals surface area contributed by atoms with Gasteiger partial charge in [-0.1, -0.05) is 13.8 Å². The van der Waals surface area contributed by atoms with E-state index in [1.165, 1.54) is 11.3 Å². The first-order valence-corrected chi connectivity index (χ1v) is 12.0. The highest BCUT2D eigenvalue weighted by Gasteiger charge is 2.15. The van der Waals surface area contributed by atoms with Crippen molar-refractivity contribution in [3.63, 3.8) is 0 Å². The number of carbonyl (C=O) groups is 1. The lowest BCUT2D eigenvalue weighted by molar-refractivity contribution is 0.0865. The number of rotatable bonds is 1. The second-order valence-electron chi connectivity index (χ2n) is 8.73. The number of aromatic nitrogens is 8. The number of hydrogen-bond donors (Lipinski definition) is 2. The van der Waals surface area contributed by atoms with E-state index < -0.39 is 0 Å². The Labute approximate surface area is 201 Å². The van der Waals surface area contributed by atoms with E-state index in [2.05, 4.69) is 30.1 Å². The van der Waals surface area contributed by atoms with Crippen molar-refractivity contribution in [2.45, 2.75) is 13.8 Å². The zero-order chi connectivity index (χ0) is 23.7. The van der Waals surface area contributed by atoms with Crippen LogP contribution in [0.4, 0.5) is 0 Å². The van der Waals surface area contributed by atoms with Gasteiger partial charge < -0.3 is 4.98 Å². The topological polar surface area (TPSA) is 118 Å². The van der Waals surface area contributed by atoms with Crippen LogP contribution < -0.4 is 0 Å². The standard InChI is InChI=1S/C25H18N8OS/c1-12(2)25(34)33-15-7-13(9-26-11-15)14-8-16-20(31-32-23(16)28-10-14)24-29-17-5-6-27-22(21(17)30-24)18-3-4-19(33)35-18/h3-12H,1-2H3,(H,29,30)(H,28,31,32). The summed E-state index contributed by atoms with van der Waals surface area (Å²) in [4.78, 5) is 36.2. The molecule has 35 heavy (non-hydrogen) atoms. The molecule has 0 unspecified atom stereocenters. The summed E-state index contributed by atoms with van der Waals surface area (Å²) in [5.41, 5.74) is 5.03. The fraction of sp³-hybridized carbons (Fsp3) is 0.120. The molecule has 0 aliphatic rings. The van der Waals surface area contributed by atoms with Crippen molar-refractivity contribution in [3.05, 3.63) is 55.1 Å². The van der Waals surface area contributed by atoms with Crippen molar-refractivity contribution in [2.24, 2.45) is 5.92 Å². The lowest BCUT2D eigenvalue weighted by atomic mass is 10.2. The Morgan fingerprint density at radius 2 is 1.86 bits per heavy atom. The number of hydrogen-bond acceptors (Lipinski definition) is 7. The van der Waals surface area contributed by atoms with E-state index in [0.29, 0.717) is 22.3 Å². The van der Waals surface area contributed by atoms with Gasteiger partial charge in [-0.25, -0.2) is 9.97 Å². The number of nitrogens with one attached hydrogen (secondary N) is 2. The minimum Gasteiger partial charge on any atom is -0.336 e. The zero-order valence-electron chi connectivity index (χ0n) is 18.8. The van der Waals surface area contributed by atoms with Crippen LogP contribution >= 0.6 is 11.3 Å². The molecule has 0 amide bonds. The quantitative estimate of drug-likeness (QED) is 0.321. The first kappa shape index (κ1) is 20.0. The van der Waals surface area contributed by atoms with E-state index >= 15 is 0 Å². The third-order valence-electron chi connectivity index (χ3n) is 6.12. The largest absolute Gasteiger partial charge is 0.336 e. The van der Waals surface area contributed by atoms with Gasteiger partial charge >= 0.3 is 0 Å². The van der Waals surface area contributed by atoms with Crippen LogP contribution in [0.3, 0.4) is 0 Å². The van der Waals surface area contributed by atoms with Gasteiger partial charge in [0.1, 0.15) is 21.4 Å². The predicted octanol–water partition coefficient (Wildman–Crippen LogP) is 5.52. The summed E-state index contributed by atoms with van der Waals surface area (Å²) in [6, 6.07) is 9.82. The molecule has 7 aromatic rings. The van der Waals surface area contributed by atoms with Gasteiger partial charge in [0, 0.05) is 35.3 Å². The highest BCUT2D eigenvalue weighted by atomic mass is 32.1. The van der Waals surface area contributed by atoms with Gasteiger partial charge in [-0.15, -0.1) is 11.3 Å². The molecule has 10 heteroatoms. The summed E-state index contributed by atoms with van der Waals surface area (Å²) in [5, 5.41) is 10.1. The number of thiophene rings is 1. The molecule has 2 N–H and O–H groups in total. The van der Waals surface area contributed by atoms with Crippen molar-refractivity contribution >= 4 is 81.8 Å². The van der Waals surface area contributed by atoms with Gasteiger partial charge in [-0.05, 0) is 30.3 Å². The van der Waals surface area contributed by atoms with E-state index in [9.17, 15) is 4.79 Å². The summed E-state index contributed by atoms with van der Waals surface area (Å²) < 4.78 is 2.65. The van der Waals surface area contributed by atoms with Gasteiger partial charge in [0.15, 0.2) is 11.3 Å². The average Bonchev–Trinajstić information content (AvgIpc) is 3.61. The SMILES string of the molecule is CC(C)C(=O)n1c2cncc(c2)c2cnc3[nH]nc(c4nc5c(ccnc5c5ccc1s5)[nH]4)c3c2. The van der Waals surface area contributed by atoms with E-state index in [1.54, 1.807) is 29.4 Å². The Bertz CT molecular complexity index is 2030. The van der Waals surface area contributed by atoms with E-state index in [4.69, 9.17) is 4.98 Å². The number of carbonyl (C=O) groups excluding carboxylic acids is 1. The van der Waals surface area contributed by atoms with Crippen LogP contribution in [0.5, 0.6) is 0 Å². The fourth-order valence-electron chi connectivity index (χ4n) is 4.37. The Morgan fingerprint density at radius 3 is 2.74 bits per heavy atom. The van der Waals surface area contributed by atoms with Crippen molar-refractivity contribution in [1.29, 1.82) is 0 Å². The average molecular weight is 479 g/mol. The maximum absolute atomic E-state index is 13.4. The minimum atomic E-state index is -0.201. The fourth-order valence-corrected chi connectivity index (χ4v) is 5.40. The van der Waals surface area contributed by atoms with Crippen LogP contribution in [0.2, 0.25) is 0 Å². The smallest absolute Gasteiger partial charge is 0.234 e. The van der Waals surface area contributed by atoms with Crippen molar-refractivity contribution in [1.82, 2.24) is 39.7 Å². The molecule has 170 valence electrons. The van der Waals surface area contributed by atoms with Crippen LogP contribution in [-0.2, 0) is 0 Å². The van der Waals surface area contributed by atoms with Crippen molar-refractivity contribution < 1.29 is 4.79 Å². The first-order valence-electron chi connectivity index (χ1n) is 11.2. The third-order valence-corrected chi connectivity index (χ3v) is 7.19. The predicted molar refractivity (Wildman–Crippen MR) is 138 cm³/mol. The van der Waals surface area contributed by atoms with Crippen LogP contribution in [0.1, 0.15) is 18.6 Å². The lowest BCUT2D eigenvalue weighted by Gasteiger charge is -2.10. The summed E-state index contributed by atoms with van der Waals surface area (Å²) in [5.74, 6) is -0.214. The third kappa shape index (κ3) is 3.00. The second kappa shape index (κ2) is 7.28. The van der Waals surface area contributed by atoms with Crippen LogP contribution in [-0.4, -0.2) is 45.6 Å². The maximum Gasteiger partial charge on any atom is 0.234 e. The number of aromatic amines is 2. The van der Waals surface area contributed by atoms with Crippen LogP contribution in [0.25, 0.3) is 64.6 Å². The van der Waals surface area contributed by atoms with E-state index in [0.717, 1.165) is 42.2 Å². The maximum atomic E-state index is 13.4. The van der Waals surface area contributed by atoms with Gasteiger partial charge in [0.2, 0.25) is 5.91 Å². The zero-order valence-corrected chi connectivity index (χ0v) is 19.6. The van der Waals surface area contributed by atoms with Gasteiger partial charge in [-0.2, -0.15) is 5.10 Å². The molecule has 0 spiro atoms. The molecule has 7 rings (SSSR count). The molecule has 0 aromatic carbocycles. The monoisotopic (exact) mass is 478 g/mol. The molecule has 0 saturated heterocycles. The summed E-state index contributed by atoms with van der Waals surface area (Å²) in [6.07, 6.45) is 7.03. The molecule has 7 aromatic heterocycles. The molecular weight excluding hydrogens is 460 g/mol. The molecule has 0 atom stereocenters.